The van der Waals surface area contributed by atoms with Crippen molar-refractivity contribution in [3.8, 4) is 5.82 Å². The molecule has 0 aliphatic heterocycles. The zero-order chi connectivity index (χ0) is 21.9. The number of nitrogens with one attached hydrogen (secondary N) is 2. The third-order valence-corrected chi connectivity index (χ3v) is 5.55. The molecular formula is C18H19F3N6O2S. The molecule has 0 bridgehead atoms. The van der Waals surface area contributed by atoms with Crippen molar-refractivity contribution in [2.24, 2.45) is 0 Å². The van der Waals surface area contributed by atoms with Crippen LogP contribution in [0.4, 0.5) is 19.0 Å². The van der Waals surface area contributed by atoms with Crippen LogP contribution in [0.2, 0.25) is 0 Å². The van der Waals surface area contributed by atoms with Gasteiger partial charge in [0.2, 0.25) is 10.0 Å². The molecule has 0 aliphatic rings. The number of alkyl halides is 3. The predicted molar refractivity (Wildman–Crippen MR) is 104 cm³/mol. The molecule has 2 aromatic heterocycles. The molecule has 160 valence electrons. The molecule has 2 heterocycles. The quantitative estimate of drug-likeness (QED) is 0.548. The van der Waals surface area contributed by atoms with E-state index in [-0.39, 0.29) is 13.1 Å². The van der Waals surface area contributed by atoms with E-state index in [0.717, 1.165) is 24.0 Å². The average Bonchev–Trinajstić information content (AvgIpc) is 3.10. The number of halogens is 3. The van der Waals surface area contributed by atoms with Gasteiger partial charge in [-0.1, -0.05) is 6.07 Å². The Morgan fingerprint density at radius 1 is 1.10 bits per heavy atom. The van der Waals surface area contributed by atoms with Gasteiger partial charge < -0.3 is 5.32 Å². The van der Waals surface area contributed by atoms with E-state index in [2.05, 4.69) is 25.0 Å². The highest BCUT2D eigenvalue weighted by molar-refractivity contribution is 7.89. The van der Waals surface area contributed by atoms with Crippen LogP contribution in [-0.2, 0) is 16.2 Å². The van der Waals surface area contributed by atoms with Gasteiger partial charge >= 0.3 is 6.18 Å². The Bertz CT molecular complexity index is 1140. The number of nitrogens with zero attached hydrogens (tertiary/aromatic N) is 4. The summed E-state index contributed by atoms with van der Waals surface area (Å²) in [5, 5.41) is 2.98. The third-order valence-electron chi connectivity index (χ3n) is 4.09. The van der Waals surface area contributed by atoms with E-state index in [0.29, 0.717) is 23.5 Å². The van der Waals surface area contributed by atoms with E-state index in [1.54, 1.807) is 30.0 Å². The van der Waals surface area contributed by atoms with Crippen LogP contribution in [0.15, 0.2) is 47.6 Å². The molecule has 3 rings (SSSR count). The number of hydrogen-bond donors (Lipinski definition) is 2. The predicted octanol–water partition coefficient (Wildman–Crippen LogP) is 2.69. The first-order chi connectivity index (χ1) is 14.1. The number of benzene rings is 1. The monoisotopic (exact) mass is 440 g/mol. The van der Waals surface area contributed by atoms with Gasteiger partial charge in [-0.05, 0) is 32.0 Å². The van der Waals surface area contributed by atoms with Crippen molar-refractivity contribution in [2.45, 2.75) is 24.9 Å². The Morgan fingerprint density at radius 3 is 2.53 bits per heavy atom. The fourth-order valence-electron chi connectivity index (χ4n) is 2.68. The molecule has 0 saturated carbocycles. The summed E-state index contributed by atoms with van der Waals surface area (Å²) in [6.07, 6.45) is -1.23. The number of aryl methyl sites for hydroxylation is 2. The molecule has 0 unspecified atom stereocenters. The molecule has 8 nitrogen and oxygen atoms in total. The van der Waals surface area contributed by atoms with Crippen LogP contribution in [0.25, 0.3) is 5.82 Å². The minimum atomic E-state index is -4.62. The number of sulfonamides is 1. The van der Waals surface area contributed by atoms with Crippen molar-refractivity contribution in [2.75, 3.05) is 18.4 Å². The molecule has 0 spiro atoms. The van der Waals surface area contributed by atoms with Gasteiger partial charge in [0.25, 0.3) is 0 Å². The fourth-order valence-corrected chi connectivity index (χ4v) is 3.76. The molecule has 0 atom stereocenters. The summed E-state index contributed by atoms with van der Waals surface area (Å²) in [5.41, 5.74) is -1.03. The van der Waals surface area contributed by atoms with Crippen LogP contribution >= 0.6 is 0 Å². The molecule has 3 aromatic rings. The summed E-state index contributed by atoms with van der Waals surface area (Å²) < 4.78 is 67.0. The minimum Gasteiger partial charge on any atom is -0.369 e. The van der Waals surface area contributed by atoms with E-state index in [1.807, 2.05) is 6.92 Å². The van der Waals surface area contributed by atoms with Crippen molar-refractivity contribution >= 4 is 15.8 Å². The Morgan fingerprint density at radius 2 is 1.87 bits per heavy atom. The lowest BCUT2D eigenvalue weighted by Gasteiger charge is -2.12. The van der Waals surface area contributed by atoms with E-state index in [1.165, 1.54) is 0 Å². The van der Waals surface area contributed by atoms with Crippen LogP contribution in [0.1, 0.15) is 17.2 Å². The van der Waals surface area contributed by atoms with Crippen molar-refractivity contribution in [1.29, 1.82) is 0 Å². The van der Waals surface area contributed by atoms with Gasteiger partial charge in [0, 0.05) is 31.5 Å². The molecule has 0 saturated heterocycles. The summed E-state index contributed by atoms with van der Waals surface area (Å²) in [7, 11) is -4.09. The molecule has 12 heteroatoms. The maximum Gasteiger partial charge on any atom is 0.416 e. The summed E-state index contributed by atoms with van der Waals surface area (Å²) in [6, 6.07) is 5.27. The summed E-state index contributed by atoms with van der Waals surface area (Å²) in [6.45, 7) is 3.66. The zero-order valence-corrected chi connectivity index (χ0v) is 16.9. The fraction of sp³-hybridized carbons (Fsp3) is 0.278. The van der Waals surface area contributed by atoms with Crippen LogP contribution in [0.3, 0.4) is 0 Å². The number of imidazole rings is 1. The zero-order valence-electron chi connectivity index (χ0n) is 16.1. The van der Waals surface area contributed by atoms with Gasteiger partial charge in [-0.15, -0.1) is 0 Å². The van der Waals surface area contributed by atoms with Crippen molar-refractivity contribution in [1.82, 2.24) is 24.2 Å². The van der Waals surface area contributed by atoms with Gasteiger partial charge in [0.05, 0.1) is 10.5 Å². The number of rotatable bonds is 7. The smallest absolute Gasteiger partial charge is 0.369 e. The van der Waals surface area contributed by atoms with Gasteiger partial charge in [0.1, 0.15) is 23.3 Å². The molecule has 0 radical (unpaired) electrons. The minimum absolute atomic E-state index is 0.0545. The molecular weight excluding hydrogens is 421 g/mol. The van der Waals surface area contributed by atoms with Crippen LogP contribution in [0, 0.1) is 13.8 Å². The van der Waals surface area contributed by atoms with Crippen LogP contribution in [-0.4, -0.2) is 41.0 Å². The number of aromatic nitrogens is 4. The first kappa shape index (κ1) is 21.7. The van der Waals surface area contributed by atoms with E-state index in [9.17, 15) is 21.6 Å². The normalized spacial score (nSPS) is 12.2. The highest BCUT2D eigenvalue weighted by atomic mass is 32.2. The van der Waals surface area contributed by atoms with Gasteiger partial charge in [-0.25, -0.2) is 28.1 Å². The van der Waals surface area contributed by atoms with Crippen molar-refractivity contribution in [3.05, 3.63) is 59.9 Å². The lowest BCUT2D eigenvalue weighted by molar-refractivity contribution is -0.137. The molecule has 30 heavy (non-hydrogen) atoms. The van der Waals surface area contributed by atoms with Crippen LogP contribution < -0.4 is 10.0 Å². The molecule has 1 aromatic carbocycles. The Balaban J connectivity index is 1.64. The molecule has 0 fully saturated rings. The van der Waals surface area contributed by atoms with E-state index >= 15 is 0 Å². The first-order valence-electron chi connectivity index (χ1n) is 8.83. The summed E-state index contributed by atoms with van der Waals surface area (Å²) in [5.74, 6) is 2.33. The lowest BCUT2D eigenvalue weighted by Crippen LogP contribution is -2.29. The standard InChI is InChI=1S/C18H19F3N6O2S/c1-12-25-16(11-17(26-12)27-9-8-22-13(27)2)23-6-7-24-30(28,29)15-5-3-4-14(10-15)18(19,20)21/h3-5,8-11,24H,6-7H2,1-2H3,(H,23,25,26). The molecule has 0 amide bonds. The highest BCUT2D eigenvalue weighted by Gasteiger charge is 2.31. The average molecular weight is 440 g/mol. The van der Waals surface area contributed by atoms with Crippen LogP contribution in [0.5, 0.6) is 0 Å². The van der Waals surface area contributed by atoms with Gasteiger partial charge in [0.15, 0.2) is 0 Å². The second kappa shape index (κ2) is 8.40. The Hall–Kier alpha value is -2.99. The van der Waals surface area contributed by atoms with Crippen molar-refractivity contribution < 1.29 is 21.6 Å². The Kier molecular flexibility index (Phi) is 6.08. The lowest BCUT2D eigenvalue weighted by atomic mass is 10.2. The SMILES string of the molecule is Cc1nc(NCCNS(=O)(=O)c2cccc(C(F)(F)F)c2)cc(-n2ccnc2C)n1. The van der Waals surface area contributed by atoms with E-state index in [4.69, 9.17) is 0 Å². The summed E-state index contributed by atoms with van der Waals surface area (Å²) >= 11 is 0. The third kappa shape index (κ3) is 5.13. The number of hydrogen-bond acceptors (Lipinski definition) is 6. The topological polar surface area (TPSA) is 102 Å². The molecule has 0 aliphatic carbocycles. The van der Waals surface area contributed by atoms with Gasteiger partial charge in [-0.3, -0.25) is 4.57 Å². The van der Waals surface area contributed by atoms with E-state index < -0.39 is 26.7 Å². The number of anilines is 1. The second-order valence-corrected chi connectivity index (χ2v) is 8.12. The maximum absolute atomic E-state index is 12.8. The maximum atomic E-state index is 12.8. The highest BCUT2D eigenvalue weighted by Crippen LogP contribution is 2.30. The molecule has 2 N–H and O–H groups in total. The van der Waals surface area contributed by atoms with Gasteiger partial charge in [-0.2, -0.15) is 13.2 Å². The summed E-state index contributed by atoms with van der Waals surface area (Å²) in [4.78, 5) is 12.3. The van der Waals surface area contributed by atoms with Crippen molar-refractivity contribution in [3.63, 3.8) is 0 Å². The Labute approximate surface area is 171 Å². The second-order valence-electron chi connectivity index (χ2n) is 6.35. The first-order valence-corrected chi connectivity index (χ1v) is 10.3. The largest absolute Gasteiger partial charge is 0.416 e.